The number of nitrogens with one attached hydrogen (secondary N) is 3. The molecule has 1 fully saturated rings. The zero-order chi connectivity index (χ0) is 23.8. The number of carbonyl (C=O) groups is 2. The molecule has 2 aliphatic rings. The number of thiophene rings is 1. The molecule has 2 heterocycles. The summed E-state index contributed by atoms with van der Waals surface area (Å²) < 4.78 is 15.3. The fourth-order valence-corrected chi connectivity index (χ4v) is 6.12. The molecule has 6 nitrogen and oxygen atoms in total. The van der Waals surface area contributed by atoms with Gasteiger partial charge < -0.3 is 21.1 Å². The number of rotatable bonds is 5. The molecule has 1 aromatic heterocycles. The van der Waals surface area contributed by atoms with Crippen LogP contribution in [0.5, 0.6) is 0 Å². The number of amides is 2. The number of carbonyl (C=O) groups excluding carboxylic acids is 2. The van der Waals surface area contributed by atoms with Gasteiger partial charge in [-0.15, -0.1) is 11.3 Å². The van der Waals surface area contributed by atoms with E-state index in [2.05, 4.69) is 16.0 Å². The van der Waals surface area contributed by atoms with Crippen LogP contribution >= 0.6 is 33.9 Å². The Labute approximate surface area is 210 Å². The zero-order valence-electron chi connectivity index (χ0n) is 18.8. The van der Waals surface area contributed by atoms with E-state index in [9.17, 15) is 19.1 Å². The van der Waals surface area contributed by atoms with Gasteiger partial charge >= 0.3 is 0 Å². The molecule has 4 rings (SSSR count). The van der Waals surface area contributed by atoms with Crippen LogP contribution in [0.25, 0.3) is 0 Å². The molecule has 0 bridgehead atoms. The number of hydrogen-bond acceptors (Lipinski definition) is 5. The molecular formula is C24H29FIN3O3S. The number of hydrogen-bond donors (Lipinski definition) is 4. The summed E-state index contributed by atoms with van der Waals surface area (Å²) in [6.45, 7) is 4.74. The highest BCUT2D eigenvalue weighted by atomic mass is 127. The zero-order valence-corrected chi connectivity index (χ0v) is 21.8. The molecule has 9 heteroatoms. The van der Waals surface area contributed by atoms with E-state index in [1.807, 2.05) is 36.4 Å². The molecule has 1 saturated carbocycles. The van der Waals surface area contributed by atoms with E-state index in [1.165, 1.54) is 17.4 Å². The Kier molecular flexibility index (Phi) is 7.02. The van der Waals surface area contributed by atoms with E-state index < -0.39 is 11.4 Å². The van der Waals surface area contributed by atoms with Crippen molar-refractivity contribution < 1.29 is 19.1 Å². The quantitative estimate of drug-likeness (QED) is 0.373. The maximum atomic E-state index is 14.6. The lowest BCUT2D eigenvalue weighted by Crippen LogP contribution is -2.44. The Bertz CT molecular complexity index is 1080. The Morgan fingerprint density at radius 1 is 1.27 bits per heavy atom. The average molecular weight is 585 g/mol. The molecule has 0 unspecified atom stereocenters. The largest absolute Gasteiger partial charge is 0.388 e. The topological polar surface area (TPSA) is 90.5 Å². The maximum absolute atomic E-state index is 14.6. The summed E-state index contributed by atoms with van der Waals surface area (Å²) in [4.78, 5) is 26.8. The van der Waals surface area contributed by atoms with Gasteiger partial charge in [0.25, 0.3) is 11.8 Å². The predicted molar refractivity (Wildman–Crippen MR) is 137 cm³/mol. The van der Waals surface area contributed by atoms with Crippen LogP contribution in [0.1, 0.15) is 71.5 Å². The van der Waals surface area contributed by atoms with Gasteiger partial charge in [0.2, 0.25) is 0 Å². The smallest absolute Gasteiger partial charge is 0.261 e. The van der Waals surface area contributed by atoms with Crippen molar-refractivity contribution in [3.05, 3.63) is 43.6 Å². The normalized spacial score (nSPS) is 19.2. The fraction of sp³-hybridized carbons (Fsp3) is 0.500. The molecular weight excluding hydrogens is 556 g/mol. The summed E-state index contributed by atoms with van der Waals surface area (Å²) in [7, 11) is 0. The summed E-state index contributed by atoms with van der Waals surface area (Å²) >= 11 is 3.20. The van der Waals surface area contributed by atoms with Gasteiger partial charge in [-0.05, 0) is 71.0 Å². The summed E-state index contributed by atoms with van der Waals surface area (Å²) in [6.07, 6.45) is 4.81. The Morgan fingerprint density at radius 2 is 2.00 bits per heavy atom. The van der Waals surface area contributed by atoms with E-state index in [0.29, 0.717) is 46.8 Å². The maximum Gasteiger partial charge on any atom is 0.261 e. The van der Waals surface area contributed by atoms with Crippen molar-refractivity contribution in [3.63, 3.8) is 0 Å². The van der Waals surface area contributed by atoms with Crippen molar-refractivity contribution in [2.24, 2.45) is 5.41 Å². The van der Waals surface area contributed by atoms with Crippen molar-refractivity contribution in [3.8, 4) is 0 Å². The first-order valence-corrected chi connectivity index (χ1v) is 13.1. The van der Waals surface area contributed by atoms with Gasteiger partial charge in [0, 0.05) is 16.7 Å². The molecule has 0 atom stereocenters. The van der Waals surface area contributed by atoms with E-state index >= 15 is 0 Å². The molecule has 2 amide bonds. The Hall–Kier alpha value is -1.72. The molecule has 1 aliphatic carbocycles. The minimum absolute atomic E-state index is 0.156. The average Bonchev–Trinajstić information content (AvgIpc) is 3.05. The molecule has 4 N–H and O–H groups in total. The second-order valence-electron chi connectivity index (χ2n) is 9.85. The summed E-state index contributed by atoms with van der Waals surface area (Å²) in [6, 6.07) is 4.81. The van der Waals surface area contributed by atoms with Crippen molar-refractivity contribution in [1.29, 1.82) is 0 Å². The highest BCUT2D eigenvalue weighted by Crippen LogP contribution is 2.41. The standard InChI is InChI=1S/C24H29FIN3O3S/c1-23(2)11-15-18(20(30)28-13-24(32)8-4-3-5-9-24)22(33-19(15)21(31)27-12-23)29-17-7-6-14(26)10-16(17)25/h6-7,10,29,32H,3-5,8-9,11-13H2,1-2H3,(H,27,31)(H,28,30). The van der Waals surface area contributed by atoms with Crippen molar-refractivity contribution in [1.82, 2.24) is 10.6 Å². The van der Waals surface area contributed by atoms with Crippen molar-refractivity contribution in [2.45, 2.75) is 58.0 Å². The van der Waals surface area contributed by atoms with Gasteiger partial charge in [0.15, 0.2) is 0 Å². The van der Waals surface area contributed by atoms with Gasteiger partial charge in [-0.3, -0.25) is 9.59 Å². The van der Waals surface area contributed by atoms with Gasteiger partial charge in [-0.25, -0.2) is 4.39 Å². The number of benzene rings is 1. The molecule has 1 aliphatic heterocycles. The van der Waals surface area contributed by atoms with Gasteiger partial charge in [-0.1, -0.05) is 33.1 Å². The summed E-state index contributed by atoms with van der Waals surface area (Å²) in [5.41, 5.74) is 0.114. The van der Waals surface area contributed by atoms with Crippen LogP contribution in [0.4, 0.5) is 15.1 Å². The van der Waals surface area contributed by atoms with Crippen LogP contribution in [0.15, 0.2) is 18.2 Å². The van der Waals surface area contributed by atoms with E-state index in [-0.39, 0.29) is 29.5 Å². The predicted octanol–water partition coefficient (Wildman–Crippen LogP) is 4.97. The van der Waals surface area contributed by atoms with E-state index in [4.69, 9.17) is 0 Å². The third kappa shape index (κ3) is 5.51. The second-order valence-corrected chi connectivity index (χ2v) is 12.1. The first kappa shape index (κ1) is 24.4. The van der Waals surface area contributed by atoms with Crippen LogP contribution < -0.4 is 16.0 Å². The van der Waals surface area contributed by atoms with Gasteiger partial charge in [0.05, 0.1) is 21.7 Å². The SMILES string of the molecule is CC1(C)CNC(=O)c2sc(Nc3ccc(I)cc3F)c(C(=O)NCC3(O)CCCCC3)c2C1. The third-order valence-corrected chi connectivity index (χ3v) is 8.18. The first-order valence-electron chi connectivity index (χ1n) is 11.2. The monoisotopic (exact) mass is 585 g/mol. The first-order chi connectivity index (χ1) is 15.6. The van der Waals surface area contributed by atoms with Crippen molar-refractivity contribution >= 4 is 56.4 Å². The molecule has 0 spiro atoms. The number of aliphatic hydroxyl groups is 1. The Balaban J connectivity index is 1.70. The third-order valence-electron chi connectivity index (χ3n) is 6.36. The number of fused-ring (bicyclic) bond motifs is 1. The van der Waals surface area contributed by atoms with Crippen LogP contribution in [-0.2, 0) is 6.42 Å². The lowest BCUT2D eigenvalue weighted by molar-refractivity contribution is 0.00525. The minimum atomic E-state index is -0.909. The molecule has 0 saturated heterocycles. The molecule has 33 heavy (non-hydrogen) atoms. The van der Waals surface area contributed by atoms with Gasteiger partial charge in [-0.2, -0.15) is 0 Å². The van der Waals surface area contributed by atoms with Gasteiger partial charge in [0.1, 0.15) is 10.8 Å². The molecule has 2 aromatic rings. The van der Waals surface area contributed by atoms with E-state index in [1.54, 1.807) is 12.1 Å². The van der Waals surface area contributed by atoms with Crippen LogP contribution in [0, 0.1) is 14.8 Å². The number of anilines is 2. The van der Waals surface area contributed by atoms with Crippen LogP contribution in [0.2, 0.25) is 0 Å². The Morgan fingerprint density at radius 3 is 2.70 bits per heavy atom. The lowest BCUT2D eigenvalue weighted by Gasteiger charge is -2.32. The van der Waals surface area contributed by atoms with E-state index in [0.717, 1.165) is 22.8 Å². The van der Waals surface area contributed by atoms with Crippen LogP contribution in [0.3, 0.4) is 0 Å². The fourth-order valence-electron chi connectivity index (χ4n) is 4.52. The van der Waals surface area contributed by atoms with Crippen molar-refractivity contribution in [2.75, 3.05) is 18.4 Å². The highest BCUT2D eigenvalue weighted by Gasteiger charge is 2.36. The molecule has 1 aromatic carbocycles. The number of halogens is 2. The minimum Gasteiger partial charge on any atom is -0.388 e. The van der Waals surface area contributed by atoms with Crippen LogP contribution in [-0.4, -0.2) is 35.6 Å². The highest BCUT2D eigenvalue weighted by molar-refractivity contribution is 14.1. The molecule has 0 radical (unpaired) electrons. The lowest BCUT2D eigenvalue weighted by atomic mass is 9.84. The summed E-state index contributed by atoms with van der Waals surface area (Å²) in [5.74, 6) is -1.01. The molecule has 178 valence electrons. The second kappa shape index (κ2) is 9.50. The summed E-state index contributed by atoms with van der Waals surface area (Å²) in [5, 5.41) is 20.2.